The second-order valence-electron chi connectivity index (χ2n) is 8.41. The molecule has 0 spiro atoms. The maximum atomic E-state index is 11.4. The molecule has 14 heteroatoms. The number of aliphatic hydroxyl groups excluding tert-OH is 6. The zero-order valence-corrected chi connectivity index (χ0v) is 19.4. The lowest BCUT2D eigenvalue weighted by molar-refractivity contribution is -0.139. The first-order chi connectivity index (χ1) is 16.2. The van der Waals surface area contributed by atoms with Crippen LogP contribution < -0.4 is 0 Å². The van der Waals surface area contributed by atoms with E-state index in [-0.39, 0.29) is 65.4 Å². The van der Waals surface area contributed by atoms with E-state index >= 15 is 0 Å². The molecule has 0 aromatic heterocycles. The molecule has 0 aromatic rings. The molecular formula is C20H40N4O10. The molecule has 200 valence electrons. The van der Waals surface area contributed by atoms with Crippen LogP contribution in [-0.4, -0.2) is 189 Å². The monoisotopic (exact) mass is 496 g/mol. The molecule has 1 heterocycles. The molecule has 34 heavy (non-hydrogen) atoms. The summed E-state index contributed by atoms with van der Waals surface area (Å²) in [7, 11) is 0. The van der Waals surface area contributed by atoms with Gasteiger partial charge in [0.2, 0.25) is 0 Å². The van der Waals surface area contributed by atoms with Crippen molar-refractivity contribution in [3.8, 4) is 0 Å². The summed E-state index contributed by atoms with van der Waals surface area (Å²) in [6, 6.07) is -1.64. The standard InChI is InChI=1S/C20H40N4O10/c25-11-15(17(29)13-27)23-5-1-21(9-19(31)32)2-6-24(16(12-26)18(30)14-28)8-4-22(3-7-23)10-20(33)34/h15-18,25-30H,1-14H2,(H,31,32)(H,33,34)/t15-,16+,17-,18+. The van der Waals surface area contributed by atoms with E-state index in [0.29, 0.717) is 0 Å². The fraction of sp³-hybridized carbons (Fsp3) is 0.900. The van der Waals surface area contributed by atoms with Crippen LogP contribution in [0.25, 0.3) is 0 Å². The lowest BCUT2D eigenvalue weighted by Crippen LogP contribution is -2.56. The van der Waals surface area contributed by atoms with Crippen molar-refractivity contribution in [3.05, 3.63) is 0 Å². The van der Waals surface area contributed by atoms with Gasteiger partial charge in [0.25, 0.3) is 0 Å². The van der Waals surface area contributed by atoms with Gasteiger partial charge in [-0.25, -0.2) is 0 Å². The summed E-state index contributed by atoms with van der Waals surface area (Å²) >= 11 is 0. The molecule has 0 amide bonds. The smallest absolute Gasteiger partial charge is 0.317 e. The summed E-state index contributed by atoms with van der Waals surface area (Å²) in [5, 5.41) is 77.2. The highest BCUT2D eigenvalue weighted by atomic mass is 16.4. The van der Waals surface area contributed by atoms with Crippen molar-refractivity contribution in [2.24, 2.45) is 0 Å². The summed E-state index contributed by atoms with van der Waals surface area (Å²) in [4.78, 5) is 29.4. The predicted octanol–water partition coefficient (Wildman–Crippen LogP) is -5.19. The molecule has 1 fully saturated rings. The molecule has 0 aliphatic carbocycles. The molecule has 1 aliphatic rings. The Bertz CT molecular complexity index is 536. The summed E-state index contributed by atoms with van der Waals surface area (Å²) in [5.41, 5.74) is 0. The average molecular weight is 497 g/mol. The van der Waals surface area contributed by atoms with E-state index in [1.165, 1.54) is 0 Å². The lowest BCUT2D eigenvalue weighted by Gasteiger charge is -2.39. The van der Waals surface area contributed by atoms with E-state index in [1.807, 2.05) is 0 Å². The Hall–Kier alpha value is -1.46. The van der Waals surface area contributed by atoms with Crippen LogP contribution in [-0.2, 0) is 9.59 Å². The van der Waals surface area contributed by atoms with Crippen LogP contribution in [0.1, 0.15) is 0 Å². The number of hydrogen-bond acceptors (Lipinski definition) is 12. The van der Waals surface area contributed by atoms with E-state index in [0.717, 1.165) is 0 Å². The normalized spacial score (nSPS) is 22.3. The Morgan fingerprint density at radius 3 is 1.06 bits per heavy atom. The minimum atomic E-state index is -1.24. The Labute approximate surface area is 198 Å². The van der Waals surface area contributed by atoms with Gasteiger partial charge in [-0.2, -0.15) is 0 Å². The third-order valence-corrected chi connectivity index (χ3v) is 6.11. The number of rotatable bonds is 12. The molecule has 1 rings (SSSR count). The molecule has 4 atom stereocenters. The van der Waals surface area contributed by atoms with Gasteiger partial charge >= 0.3 is 11.9 Å². The summed E-state index contributed by atoms with van der Waals surface area (Å²) in [6.07, 6.45) is -2.47. The van der Waals surface area contributed by atoms with Crippen molar-refractivity contribution < 1.29 is 50.4 Å². The van der Waals surface area contributed by atoms with Gasteiger partial charge in [-0.3, -0.25) is 29.2 Å². The topological polar surface area (TPSA) is 209 Å². The van der Waals surface area contributed by atoms with E-state index in [2.05, 4.69) is 0 Å². The lowest BCUT2D eigenvalue weighted by atomic mass is 10.1. The van der Waals surface area contributed by atoms with E-state index in [4.69, 9.17) is 0 Å². The van der Waals surface area contributed by atoms with E-state index in [9.17, 15) is 50.4 Å². The van der Waals surface area contributed by atoms with Crippen molar-refractivity contribution in [2.45, 2.75) is 24.3 Å². The van der Waals surface area contributed by atoms with Crippen molar-refractivity contribution in [3.63, 3.8) is 0 Å². The van der Waals surface area contributed by atoms with Crippen LogP contribution in [0.4, 0.5) is 0 Å². The number of aliphatic hydroxyl groups is 6. The van der Waals surface area contributed by atoms with Crippen LogP contribution in [0.2, 0.25) is 0 Å². The summed E-state index contributed by atoms with van der Waals surface area (Å²) < 4.78 is 0. The van der Waals surface area contributed by atoms with Crippen LogP contribution in [0, 0.1) is 0 Å². The molecular weight excluding hydrogens is 456 g/mol. The van der Waals surface area contributed by atoms with Gasteiger partial charge in [-0.05, 0) is 0 Å². The van der Waals surface area contributed by atoms with Crippen LogP contribution >= 0.6 is 0 Å². The fourth-order valence-corrected chi connectivity index (χ4v) is 4.09. The van der Waals surface area contributed by atoms with Gasteiger partial charge in [0.05, 0.1) is 63.8 Å². The first-order valence-corrected chi connectivity index (χ1v) is 11.3. The second kappa shape index (κ2) is 16.3. The number of carboxylic acids is 2. The summed E-state index contributed by atoms with van der Waals surface area (Å²) in [5.74, 6) is -2.11. The molecule has 0 unspecified atom stereocenters. The Morgan fingerprint density at radius 2 is 0.853 bits per heavy atom. The number of nitrogens with zero attached hydrogens (tertiary/aromatic N) is 4. The highest BCUT2D eigenvalue weighted by Gasteiger charge is 2.29. The highest BCUT2D eigenvalue weighted by molar-refractivity contribution is 5.69. The SMILES string of the molecule is O=C(O)CN1CCN([C@H](CO)[C@H](O)CO)CCN(CC(=O)O)CCN([C@@H](CO)[C@@H](O)CO)CC1. The number of hydrogen-bond donors (Lipinski definition) is 8. The van der Waals surface area contributed by atoms with Crippen molar-refractivity contribution in [2.75, 3.05) is 91.9 Å². The maximum Gasteiger partial charge on any atom is 0.317 e. The Balaban J connectivity index is 3.18. The third kappa shape index (κ3) is 10.4. The van der Waals surface area contributed by atoms with Crippen molar-refractivity contribution >= 4 is 11.9 Å². The fourth-order valence-electron chi connectivity index (χ4n) is 4.09. The summed E-state index contributed by atoms with van der Waals surface area (Å²) in [6.45, 7) is -0.753. The van der Waals surface area contributed by atoms with Gasteiger partial charge in [-0.15, -0.1) is 0 Å². The van der Waals surface area contributed by atoms with Crippen LogP contribution in [0.15, 0.2) is 0 Å². The van der Waals surface area contributed by atoms with Crippen LogP contribution in [0.5, 0.6) is 0 Å². The molecule has 14 nitrogen and oxygen atoms in total. The molecule has 1 saturated heterocycles. The molecule has 0 aromatic carbocycles. The minimum absolute atomic E-state index is 0.235. The highest BCUT2D eigenvalue weighted by Crippen LogP contribution is 2.10. The van der Waals surface area contributed by atoms with Crippen molar-refractivity contribution in [1.29, 1.82) is 0 Å². The average Bonchev–Trinajstić information content (AvgIpc) is 2.79. The van der Waals surface area contributed by atoms with Gasteiger partial charge < -0.3 is 40.9 Å². The van der Waals surface area contributed by atoms with E-state index in [1.54, 1.807) is 19.6 Å². The predicted molar refractivity (Wildman–Crippen MR) is 119 cm³/mol. The number of carbonyl (C=O) groups is 2. The Morgan fingerprint density at radius 1 is 0.559 bits per heavy atom. The Kier molecular flexibility index (Phi) is 14.6. The maximum absolute atomic E-state index is 11.4. The second-order valence-corrected chi connectivity index (χ2v) is 8.41. The molecule has 8 N–H and O–H groups in total. The zero-order chi connectivity index (χ0) is 25.7. The number of aliphatic carboxylic acids is 2. The van der Waals surface area contributed by atoms with Crippen molar-refractivity contribution in [1.82, 2.24) is 19.6 Å². The third-order valence-electron chi connectivity index (χ3n) is 6.11. The van der Waals surface area contributed by atoms with Crippen LogP contribution in [0.3, 0.4) is 0 Å². The number of carboxylic acid groups (broad SMARTS) is 2. The first-order valence-electron chi connectivity index (χ1n) is 11.3. The molecule has 0 saturated carbocycles. The largest absolute Gasteiger partial charge is 0.480 e. The zero-order valence-electron chi connectivity index (χ0n) is 19.4. The van der Waals surface area contributed by atoms with Gasteiger partial charge in [-0.1, -0.05) is 0 Å². The first kappa shape index (κ1) is 30.6. The molecule has 0 radical (unpaired) electrons. The van der Waals surface area contributed by atoms with Gasteiger partial charge in [0, 0.05) is 52.4 Å². The van der Waals surface area contributed by atoms with Gasteiger partial charge in [0.1, 0.15) is 0 Å². The minimum Gasteiger partial charge on any atom is -0.480 e. The molecule has 0 bridgehead atoms. The molecule has 1 aliphatic heterocycles. The van der Waals surface area contributed by atoms with Gasteiger partial charge in [0.15, 0.2) is 0 Å². The quantitative estimate of drug-likeness (QED) is 0.127. The van der Waals surface area contributed by atoms with E-state index < -0.39 is 62.7 Å².